The zero-order valence-electron chi connectivity index (χ0n) is 15.8. The Bertz CT molecular complexity index is 893. The second kappa shape index (κ2) is 7.85. The molecule has 0 aliphatic rings. The molecule has 0 spiro atoms. The first-order valence-electron chi connectivity index (χ1n) is 8.47. The summed E-state index contributed by atoms with van der Waals surface area (Å²) >= 11 is 0. The van der Waals surface area contributed by atoms with Gasteiger partial charge in [0.25, 0.3) is 0 Å². The molecule has 0 aliphatic heterocycles. The highest BCUT2D eigenvalue weighted by Crippen LogP contribution is 2.45. The van der Waals surface area contributed by atoms with E-state index in [4.69, 9.17) is 4.74 Å². The SMILES string of the molecule is COc1ccc(F)cc1C(C)(C)CC(O)(Cc1cc(F)cc(F)c1F)C(F)(F)F. The van der Waals surface area contributed by atoms with Crippen LogP contribution in [0.5, 0.6) is 5.75 Å². The lowest BCUT2D eigenvalue weighted by molar-refractivity contribution is -0.266. The summed E-state index contributed by atoms with van der Waals surface area (Å²) in [5, 5.41) is 10.5. The van der Waals surface area contributed by atoms with E-state index >= 15 is 0 Å². The van der Waals surface area contributed by atoms with Gasteiger partial charge in [0.15, 0.2) is 17.2 Å². The smallest absolute Gasteiger partial charge is 0.417 e. The molecule has 0 amide bonds. The van der Waals surface area contributed by atoms with Gasteiger partial charge in [-0.2, -0.15) is 13.2 Å². The van der Waals surface area contributed by atoms with E-state index < -0.39 is 58.9 Å². The third-order valence-corrected chi connectivity index (χ3v) is 4.70. The molecule has 1 N–H and O–H groups in total. The van der Waals surface area contributed by atoms with Crippen molar-refractivity contribution >= 4 is 0 Å². The van der Waals surface area contributed by atoms with Gasteiger partial charge in [-0.05, 0) is 41.7 Å². The van der Waals surface area contributed by atoms with Crippen molar-refractivity contribution in [2.75, 3.05) is 7.11 Å². The standard InChI is InChI=1S/C20H19F7O2/c1-18(2,14-7-12(21)4-5-16(14)29-3)10-19(28,20(25,26)27)9-11-6-13(22)8-15(23)17(11)24/h4-8,28H,9-10H2,1-3H3. The summed E-state index contributed by atoms with van der Waals surface area (Å²) in [5.41, 5.74) is -6.01. The average molecular weight is 424 g/mol. The quantitative estimate of drug-likeness (QED) is 0.493. The van der Waals surface area contributed by atoms with E-state index in [1.165, 1.54) is 27.0 Å². The largest absolute Gasteiger partial charge is 0.496 e. The molecule has 29 heavy (non-hydrogen) atoms. The number of benzene rings is 2. The van der Waals surface area contributed by atoms with Crippen molar-refractivity contribution in [3.05, 3.63) is 64.7 Å². The first kappa shape index (κ1) is 23.0. The Morgan fingerprint density at radius 1 is 0.931 bits per heavy atom. The number of hydrogen-bond acceptors (Lipinski definition) is 2. The minimum absolute atomic E-state index is 0.0357. The Labute approximate surface area is 162 Å². The second-order valence-electron chi connectivity index (χ2n) is 7.47. The fourth-order valence-corrected chi connectivity index (χ4v) is 3.35. The number of alkyl halides is 3. The van der Waals surface area contributed by atoms with Crippen molar-refractivity contribution in [2.24, 2.45) is 0 Å². The summed E-state index contributed by atoms with van der Waals surface area (Å²) in [4.78, 5) is 0. The molecule has 9 heteroatoms. The normalized spacial score (nSPS) is 14.6. The van der Waals surface area contributed by atoms with Crippen LogP contribution >= 0.6 is 0 Å². The van der Waals surface area contributed by atoms with Crippen LogP contribution in [-0.2, 0) is 11.8 Å². The highest BCUT2D eigenvalue weighted by Gasteiger charge is 2.56. The molecule has 0 saturated carbocycles. The van der Waals surface area contributed by atoms with Gasteiger partial charge in [-0.3, -0.25) is 0 Å². The summed E-state index contributed by atoms with van der Waals surface area (Å²) in [7, 11) is 1.24. The molecule has 0 aromatic heterocycles. The minimum atomic E-state index is -5.28. The van der Waals surface area contributed by atoms with Gasteiger partial charge < -0.3 is 9.84 Å². The van der Waals surface area contributed by atoms with Crippen molar-refractivity contribution in [1.29, 1.82) is 0 Å². The summed E-state index contributed by atoms with van der Waals surface area (Å²) in [6, 6.07) is 3.83. The van der Waals surface area contributed by atoms with Crippen LogP contribution in [0.2, 0.25) is 0 Å². The van der Waals surface area contributed by atoms with Crippen molar-refractivity contribution < 1.29 is 40.6 Å². The lowest BCUT2D eigenvalue weighted by Crippen LogP contribution is -2.51. The van der Waals surface area contributed by atoms with E-state index in [1.54, 1.807) is 0 Å². The van der Waals surface area contributed by atoms with Gasteiger partial charge in [0.2, 0.25) is 0 Å². The van der Waals surface area contributed by atoms with Gasteiger partial charge in [0.1, 0.15) is 17.4 Å². The molecule has 2 aromatic carbocycles. The second-order valence-corrected chi connectivity index (χ2v) is 7.47. The van der Waals surface area contributed by atoms with E-state index in [0.717, 1.165) is 12.1 Å². The summed E-state index contributed by atoms with van der Waals surface area (Å²) in [6.07, 6.45) is -7.76. The lowest BCUT2D eigenvalue weighted by atomic mass is 9.72. The van der Waals surface area contributed by atoms with Crippen molar-refractivity contribution in [1.82, 2.24) is 0 Å². The minimum Gasteiger partial charge on any atom is -0.496 e. The molecule has 0 bridgehead atoms. The molecule has 0 saturated heterocycles. The Morgan fingerprint density at radius 3 is 2.10 bits per heavy atom. The van der Waals surface area contributed by atoms with Gasteiger partial charge >= 0.3 is 6.18 Å². The van der Waals surface area contributed by atoms with Crippen molar-refractivity contribution in [3.63, 3.8) is 0 Å². The van der Waals surface area contributed by atoms with Crippen LogP contribution in [0.3, 0.4) is 0 Å². The molecule has 2 rings (SSSR count). The molecule has 0 aliphatic carbocycles. The number of methoxy groups -OCH3 is 1. The van der Waals surface area contributed by atoms with E-state index in [9.17, 15) is 35.8 Å². The lowest BCUT2D eigenvalue weighted by Gasteiger charge is -2.38. The molecule has 2 aromatic rings. The number of halogens is 7. The van der Waals surface area contributed by atoms with Crippen LogP contribution < -0.4 is 4.74 Å². The zero-order chi connectivity index (χ0) is 22.2. The van der Waals surface area contributed by atoms with Crippen LogP contribution in [0.4, 0.5) is 30.7 Å². The number of aliphatic hydroxyl groups is 1. The first-order valence-corrected chi connectivity index (χ1v) is 8.47. The fourth-order valence-electron chi connectivity index (χ4n) is 3.35. The highest BCUT2D eigenvalue weighted by atomic mass is 19.4. The maximum absolute atomic E-state index is 13.9. The Balaban J connectivity index is 2.52. The Hall–Kier alpha value is -2.29. The van der Waals surface area contributed by atoms with Crippen LogP contribution in [0.25, 0.3) is 0 Å². The third kappa shape index (κ3) is 4.83. The van der Waals surface area contributed by atoms with E-state index in [0.29, 0.717) is 6.07 Å². The third-order valence-electron chi connectivity index (χ3n) is 4.70. The van der Waals surface area contributed by atoms with Gasteiger partial charge in [0.05, 0.1) is 7.11 Å². The van der Waals surface area contributed by atoms with Gasteiger partial charge in [-0.15, -0.1) is 0 Å². The fraction of sp³-hybridized carbons (Fsp3) is 0.400. The van der Waals surface area contributed by atoms with Gasteiger partial charge in [-0.25, -0.2) is 17.6 Å². The Morgan fingerprint density at radius 2 is 1.55 bits per heavy atom. The molecule has 1 atom stereocenters. The molecular formula is C20H19F7O2. The van der Waals surface area contributed by atoms with E-state index in [-0.39, 0.29) is 17.4 Å². The van der Waals surface area contributed by atoms with Gasteiger partial charge in [-0.1, -0.05) is 13.8 Å². The summed E-state index contributed by atoms with van der Waals surface area (Å²) in [5.74, 6) is -5.29. The monoisotopic (exact) mass is 424 g/mol. The van der Waals surface area contributed by atoms with Crippen molar-refractivity contribution in [2.45, 2.75) is 43.9 Å². The van der Waals surface area contributed by atoms with Crippen LogP contribution in [-0.4, -0.2) is 24.0 Å². The molecular weight excluding hydrogens is 405 g/mol. The van der Waals surface area contributed by atoms with E-state index in [1.807, 2.05) is 0 Å². The molecule has 0 fully saturated rings. The first-order chi connectivity index (χ1) is 13.2. The van der Waals surface area contributed by atoms with Crippen molar-refractivity contribution in [3.8, 4) is 5.75 Å². The zero-order valence-corrected chi connectivity index (χ0v) is 15.8. The number of ether oxygens (including phenoxy) is 1. The molecule has 0 radical (unpaired) electrons. The topological polar surface area (TPSA) is 29.5 Å². The molecule has 0 heterocycles. The summed E-state index contributed by atoms with van der Waals surface area (Å²) in [6.45, 7) is 2.62. The number of hydrogen-bond donors (Lipinski definition) is 1. The summed E-state index contributed by atoms with van der Waals surface area (Å²) < 4.78 is 101. The molecule has 1 unspecified atom stereocenters. The van der Waals surface area contributed by atoms with Gasteiger partial charge in [0, 0.05) is 18.1 Å². The predicted octanol–water partition coefficient (Wildman–Crippen LogP) is 5.46. The molecule has 2 nitrogen and oxygen atoms in total. The van der Waals surface area contributed by atoms with Crippen LogP contribution in [0.1, 0.15) is 31.4 Å². The van der Waals surface area contributed by atoms with Crippen LogP contribution in [0.15, 0.2) is 30.3 Å². The van der Waals surface area contributed by atoms with Crippen LogP contribution in [0, 0.1) is 23.3 Å². The number of rotatable bonds is 6. The maximum Gasteiger partial charge on any atom is 0.417 e. The maximum atomic E-state index is 13.9. The molecule has 160 valence electrons. The highest BCUT2D eigenvalue weighted by molar-refractivity contribution is 5.40. The average Bonchev–Trinajstić information content (AvgIpc) is 2.57. The Kier molecular flexibility index (Phi) is 6.23. The van der Waals surface area contributed by atoms with E-state index in [2.05, 4.69) is 0 Å². The predicted molar refractivity (Wildman–Crippen MR) is 91.6 cm³/mol.